The van der Waals surface area contributed by atoms with Crippen LogP contribution in [0.3, 0.4) is 0 Å². The molecule has 1 atom stereocenters. The summed E-state index contributed by atoms with van der Waals surface area (Å²) >= 11 is 0. The van der Waals surface area contributed by atoms with Gasteiger partial charge in [0.2, 0.25) is 5.89 Å². The number of hydrogen-bond acceptors (Lipinski definition) is 4. The van der Waals surface area contributed by atoms with Crippen molar-refractivity contribution >= 4 is 0 Å². The maximum absolute atomic E-state index is 5.70. The van der Waals surface area contributed by atoms with Gasteiger partial charge in [-0.3, -0.25) is 4.90 Å². The topological polar surface area (TPSA) is 41.3 Å². The lowest BCUT2D eigenvalue weighted by Gasteiger charge is -2.36. The zero-order chi connectivity index (χ0) is 13.0. The third kappa shape index (κ3) is 3.12. The number of nitrogens with zero attached hydrogens (tertiary/aromatic N) is 2. The molecule has 1 aliphatic rings. The van der Waals surface area contributed by atoms with E-state index in [0.29, 0.717) is 12.1 Å². The molecule has 1 aromatic heterocycles. The SMILES string of the molecule is CNCCc1coc(C2CCCCN2C(C)C)n1. The number of piperidine rings is 1. The molecule has 0 saturated carbocycles. The summed E-state index contributed by atoms with van der Waals surface area (Å²) in [7, 11) is 1.96. The van der Waals surface area contributed by atoms with E-state index in [-0.39, 0.29) is 0 Å². The Hall–Kier alpha value is -0.870. The van der Waals surface area contributed by atoms with Crippen molar-refractivity contribution in [1.82, 2.24) is 15.2 Å². The molecule has 18 heavy (non-hydrogen) atoms. The first kappa shape index (κ1) is 13.6. The van der Waals surface area contributed by atoms with Gasteiger partial charge in [-0.1, -0.05) is 6.42 Å². The van der Waals surface area contributed by atoms with Crippen molar-refractivity contribution in [2.45, 2.75) is 51.6 Å². The predicted octanol–water partition coefficient (Wildman–Crippen LogP) is 2.37. The zero-order valence-corrected chi connectivity index (χ0v) is 11.8. The summed E-state index contributed by atoms with van der Waals surface area (Å²) in [6, 6.07) is 0.935. The number of likely N-dealkylation sites (tertiary alicyclic amines) is 1. The molecule has 0 radical (unpaired) electrons. The minimum Gasteiger partial charge on any atom is -0.447 e. The highest BCUT2D eigenvalue weighted by molar-refractivity contribution is 5.02. The summed E-state index contributed by atoms with van der Waals surface area (Å²) < 4.78 is 5.70. The molecule has 1 unspecified atom stereocenters. The fraction of sp³-hybridized carbons (Fsp3) is 0.786. The van der Waals surface area contributed by atoms with E-state index >= 15 is 0 Å². The Morgan fingerprint density at radius 1 is 1.50 bits per heavy atom. The van der Waals surface area contributed by atoms with E-state index in [9.17, 15) is 0 Å². The van der Waals surface area contributed by atoms with Crippen molar-refractivity contribution in [1.29, 1.82) is 0 Å². The van der Waals surface area contributed by atoms with Crippen molar-refractivity contribution in [2.75, 3.05) is 20.1 Å². The van der Waals surface area contributed by atoms with E-state index < -0.39 is 0 Å². The molecule has 4 nitrogen and oxygen atoms in total. The van der Waals surface area contributed by atoms with Gasteiger partial charge in [-0.15, -0.1) is 0 Å². The third-order valence-corrected chi connectivity index (χ3v) is 3.69. The van der Waals surface area contributed by atoms with Crippen LogP contribution in [0.1, 0.15) is 50.7 Å². The third-order valence-electron chi connectivity index (χ3n) is 3.69. The first-order valence-electron chi connectivity index (χ1n) is 7.07. The van der Waals surface area contributed by atoms with Crippen molar-refractivity contribution < 1.29 is 4.42 Å². The molecule has 0 aliphatic carbocycles. The van der Waals surface area contributed by atoms with Gasteiger partial charge < -0.3 is 9.73 Å². The Bertz CT molecular complexity index is 362. The Kier molecular flexibility index (Phi) is 4.78. The summed E-state index contributed by atoms with van der Waals surface area (Å²) in [6.45, 7) is 6.62. The average Bonchev–Trinajstić information content (AvgIpc) is 2.85. The molecule has 2 rings (SSSR count). The van der Waals surface area contributed by atoms with Crippen LogP contribution in [0, 0.1) is 0 Å². The molecule has 1 fully saturated rings. The number of hydrogen-bond donors (Lipinski definition) is 1. The lowest BCUT2D eigenvalue weighted by atomic mass is 10.0. The highest BCUT2D eigenvalue weighted by Gasteiger charge is 2.29. The highest BCUT2D eigenvalue weighted by Crippen LogP contribution is 2.31. The van der Waals surface area contributed by atoms with Crippen LogP contribution in [0.25, 0.3) is 0 Å². The van der Waals surface area contributed by atoms with Gasteiger partial charge in [0.05, 0.1) is 11.7 Å². The molecule has 1 aliphatic heterocycles. The summed E-state index contributed by atoms with van der Waals surface area (Å²) in [5, 5.41) is 3.14. The van der Waals surface area contributed by atoms with E-state index in [1.807, 2.05) is 13.3 Å². The van der Waals surface area contributed by atoms with Crippen LogP contribution in [0.4, 0.5) is 0 Å². The number of rotatable bonds is 5. The Morgan fingerprint density at radius 3 is 3.06 bits per heavy atom. The van der Waals surface area contributed by atoms with E-state index in [1.165, 1.54) is 19.3 Å². The second-order valence-electron chi connectivity index (χ2n) is 5.37. The molecule has 0 aromatic carbocycles. The monoisotopic (exact) mass is 251 g/mol. The van der Waals surface area contributed by atoms with Gasteiger partial charge in [0, 0.05) is 19.0 Å². The molecule has 0 spiro atoms. The number of nitrogens with one attached hydrogen (secondary N) is 1. The normalized spacial score (nSPS) is 21.7. The predicted molar refractivity (Wildman–Crippen MR) is 72.6 cm³/mol. The maximum Gasteiger partial charge on any atom is 0.211 e. The highest BCUT2D eigenvalue weighted by atomic mass is 16.3. The second kappa shape index (κ2) is 6.34. The maximum atomic E-state index is 5.70. The van der Waals surface area contributed by atoms with Gasteiger partial charge in [0.15, 0.2) is 0 Å². The van der Waals surface area contributed by atoms with Gasteiger partial charge in [0.25, 0.3) is 0 Å². The molecule has 102 valence electrons. The first-order chi connectivity index (χ1) is 8.72. The van der Waals surface area contributed by atoms with Crippen molar-refractivity contribution in [3.05, 3.63) is 17.8 Å². The van der Waals surface area contributed by atoms with E-state index in [4.69, 9.17) is 4.42 Å². The van der Waals surface area contributed by atoms with E-state index in [0.717, 1.165) is 31.1 Å². The van der Waals surface area contributed by atoms with Crippen LogP contribution in [0.5, 0.6) is 0 Å². The van der Waals surface area contributed by atoms with Crippen molar-refractivity contribution in [2.24, 2.45) is 0 Å². The summed E-state index contributed by atoms with van der Waals surface area (Å²) in [5.41, 5.74) is 1.06. The largest absolute Gasteiger partial charge is 0.447 e. The van der Waals surface area contributed by atoms with Crippen molar-refractivity contribution in [3.8, 4) is 0 Å². The summed E-state index contributed by atoms with van der Waals surface area (Å²) in [6.07, 6.45) is 6.50. The minimum absolute atomic E-state index is 0.377. The molecule has 0 amide bonds. The van der Waals surface area contributed by atoms with Gasteiger partial charge in [-0.05, 0) is 40.3 Å². The van der Waals surface area contributed by atoms with Crippen LogP contribution >= 0.6 is 0 Å². The first-order valence-corrected chi connectivity index (χ1v) is 7.07. The van der Waals surface area contributed by atoms with Gasteiger partial charge in [-0.25, -0.2) is 4.98 Å². The molecule has 1 saturated heterocycles. The lowest BCUT2D eigenvalue weighted by molar-refractivity contribution is 0.0924. The molecule has 0 bridgehead atoms. The van der Waals surface area contributed by atoms with Crippen LogP contribution in [-0.4, -0.2) is 36.1 Å². The van der Waals surface area contributed by atoms with Crippen molar-refractivity contribution in [3.63, 3.8) is 0 Å². The van der Waals surface area contributed by atoms with E-state index in [1.54, 1.807) is 0 Å². The van der Waals surface area contributed by atoms with E-state index in [2.05, 4.69) is 29.0 Å². The van der Waals surface area contributed by atoms with Crippen LogP contribution in [0.15, 0.2) is 10.7 Å². The Morgan fingerprint density at radius 2 is 2.33 bits per heavy atom. The van der Waals surface area contributed by atoms with Crippen LogP contribution in [0.2, 0.25) is 0 Å². The second-order valence-corrected chi connectivity index (χ2v) is 5.37. The Labute approximate surface area is 110 Å². The fourth-order valence-corrected chi connectivity index (χ4v) is 2.68. The average molecular weight is 251 g/mol. The van der Waals surface area contributed by atoms with Gasteiger partial charge in [0.1, 0.15) is 6.26 Å². The summed E-state index contributed by atoms with van der Waals surface area (Å²) in [4.78, 5) is 7.17. The number of likely N-dealkylation sites (N-methyl/N-ethyl adjacent to an activating group) is 1. The smallest absolute Gasteiger partial charge is 0.211 e. The molecule has 1 N–H and O–H groups in total. The standard InChI is InChI=1S/C14H25N3O/c1-11(2)17-9-5-4-6-13(17)14-16-12(10-18-14)7-8-15-3/h10-11,13,15H,4-9H2,1-3H3. The Balaban J connectivity index is 2.06. The number of oxazole rings is 1. The summed E-state index contributed by atoms with van der Waals surface area (Å²) in [5.74, 6) is 0.912. The molecule has 4 heteroatoms. The zero-order valence-electron chi connectivity index (χ0n) is 11.8. The van der Waals surface area contributed by atoms with Gasteiger partial charge >= 0.3 is 0 Å². The molecular formula is C14H25N3O. The molecular weight excluding hydrogens is 226 g/mol. The quantitative estimate of drug-likeness (QED) is 0.872. The molecule has 1 aromatic rings. The molecule has 2 heterocycles. The fourth-order valence-electron chi connectivity index (χ4n) is 2.68. The van der Waals surface area contributed by atoms with Crippen LogP contribution < -0.4 is 5.32 Å². The van der Waals surface area contributed by atoms with Crippen LogP contribution in [-0.2, 0) is 6.42 Å². The number of aromatic nitrogens is 1. The van der Waals surface area contributed by atoms with Gasteiger partial charge in [-0.2, -0.15) is 0 Å². The lowest BCUT2D eigenvalue weighted by Crippen LogP contribution is -2.38. The minimum atomic E-state index is 0.377.